The van der Waals surface area contributed by atoms with Crippen molar-refractivity contribution in [3.05, 3.63) is 22.1 Å². The molecule has 0 bridgehead atoms. The third-order valence-corrected chi connectivity index (χ3v) is 1.11. The Morgan fingerprint density at radius 2 is 2.40 bits per heavy atom. The number of aromatic amines is 1. The summed E-state index contributed by atoms with van der Waals surface area (Å²) in [6, 6.07) is 1.22. The highest BCUT2D eigenvalue weighted by Crippen LogP contribution is 1.88. The van der Waals surface area contributed by atoms with Crippen LogP contribution in [0.5, 0.6) is 0 Å². The zero-order chi connectivity index (χ0) is 7.72. The number of nitrogens with zero attached hydrogens (tertiary/aromatic N) is 1. The highest BCUT2D eigenvalue weighted by atomic mass is 16.4. The van der Waals surface area contributed by atoms with E-state index in [0.29, 0.717) is 5.69 Å². The lowest BCUT2D eigenvalue weighted by Crippen LogP contribution is -2.13. The molecule has 5 nitrogen and oxygen atoms in total. The molecule has 54 valence electrons. The van der Waals surface area contributed by atoms with Crippen LogP contribution in [-0.4, -0.2) is 21.0 Å². The van der Waals surface area contributed by atoms with E-state index in [1.807, 2.05) is 0 Å². The lowest BCUT2D eigenvalue weighted by atomic mass is 10.5. The van der Waals surface area contributed by atoms with E-state index in [1.165, 1.54) is 13.0 Å². The van der Waals surface area contributed by atoms with Gasteiger partial charge in [-0.3, -0.25) is 9.89 Å². The van der Waals surface area contributed by atoms with Crippen LogP contribution < -0.4 is 5.56 Å². The molecular formula is C5H6N2O3. The van der Waals surface area contributed by atoms with Gasteiger partial charge in [0.2, 0.25) is 0 Å². The number of hydrogen-bond donors (Lipinski definition) is 2. The maximum absolute atomic E-state index is 10.5. The van der Waals surface area contributed by atoms with E-state index >= 15 is 0 Å². The van der Waals surface area contributed by atoms with Gasteiger partial charge in [0.15, 0.2) is 0 Å². The van der Waals surface area contributed by atoms with Crippen molar-refractivity contribution < 1.29 is 9.90 Å². The van der Waals surface area contributed by atoms with E-state index in [2.05, 4.69) is 5.10 Å². The topological polar surface area (TPSA) is 75.1 Å². The molecule has 0 aliphatic heterocycles. The Morgan fingerprint density at radius 3 is 2.60 bits per heavy atom. The first-order valence-corrected chi connectivity index (χ1v) is 2.63. The van der Waals surface area contributed by atoms with Crippen LogP contribution in [0.25, 0.3) is 0 Å². The molecule has 0 spiro atoms. The predicted octanol–water partition coefficient (Wildman–Crippen LogP) is 0.0109. The number of carboxylic acid groups (broad SMARTS) is 1. The van der Waals surface area contributed by atoms with Gasteiger partial charge in [-0.05, 0) is 6.92 Å². The molecule has 0 radical (unpaired) electrons. The van der Waals surface area contributed by atoms with Crippen molar-refractivity contribution in [2.45, 2.75) is 6.92 Å². The van der Waals surface area contributed by atoms with Gasteiger partial charge in [-0.1, -0.05) is 0 Å². The highest BCUT2D eigenvalue weighted by Gasteiger charge is 2.04. The Bertz CT molecular complexity index is 309. The molecule has 1 aromatic rings. The van der Waals surface area contributed by atoms with Crippen molar-refractivity contribution in [2.75, 3.05) is 0 Å². The minimum atomic E-state index is -1.18. The van der Waals surface area contributed by atoms with Gasteiger partial charge in [0.1, 0.15) is 0 Å². The number of carbonyl (C=O) groups is 1. The number of rotatable bonds is 0. The zero-order valence-corrected chi connectivity index (χ0v) is 5.29. The Morgan fingerprint density at radius 1 is 1.80 bits per heavy atom. The van der Waals surface area contributed by atoms with Crippen LogP contribution >= 0.6 is 0 Å². The average Bonchev–Trinajstić information content (AvgIpc) is 2.10. The quantitative estimate of drug-likeness (QED) is 0.535. The molecule has 5 heteroatoms. The minimum Gasteiger partial charge on any atom is -0.463 e. The van der Waals surface area contributed by atoms with Crippen LogP contribution in [0, 0.1) is 6.92 Å². The second-order valence-electron chi connectivity index (χ2n) is 1.88. The van der Waals surface area contributed by atoms with Gasteiger partial charge in [-0.25, -0.2) is 4.79 Å². The standard InChI is InChI=1S/C5H6N2O3/c1-3-2-4(8)6-7(3)5(9)10/h2H,1H3,(H,6,8)(H,9,10). The van der Waals surface area contributed by atoms with E-state index < -0.39 is 11.7 Å². The number of aryl methyl sites for hydroxylation is 1. The van der Waals surface area contributed by atoms with Crippen LogP contribution in [0.2, 0.25) is 0 Å². The Kier molecular flexibility index (Phi) is 1.33. The van der Waals surface area contributed by atoms with Gasteiger partial charge < -0.3 is 5.11 Å². The molecule has 0 aliphatic rings. The summed E-state index contributed by atoms with van der Waals surface area (Å²) in [6.45, 7) is 1.53. The number of nitrogens with one attached hydrogen (secondary N) is 1. The largest absolute Gasteiger partial charge is 0.463 e. The number of aromatic nitrogens is 2. The van der Waals surface area contributed by atoms with Crippen LogP contribution in [0.1, 0.15) is 5.69 Å². The summed E-state index contributed by atoms with van der Waals surface area (Å²) >= 11 is 0. The molecule has 0 saturated carbocycles. The second kappa shape index (κ2) is 2.02. The van der Waals surface area contributed by atoms with E-state index in [-0.39, 0.29) is 0 Å². The third kappa shape index (κ3) is 0.928. The fraction of sp³-hybridized carbons (Fsp3) is 0.200. The van der Waals surface area contributed by atoms with Gasteiger partial charge >= 0.3 is 6.09 Å². The average molecular weight is 142 g/mol. The molecule has 2 N–H and O–H groups in total. The summed E-state index contributed by atoms with van der Waals surface area (Å²) in [5.74, 6) is 0. The van der Waals surface area contributed by atoms with Crippen LogP contribution in [-0.2, 0) is 0 Å². The normalized spacial score (nSPS) is 9.70. The molecule has 0 amide bonds. The van der Waals surface area contributed by atoms with E-state index in [1.54, 1.807) is 0 Å². The van der Waals surface area contributed by atoms with Crippen molar-refractivity contribution in [1.29, 1.82) is 0 Å². The van der Waals surface area contributed by atoms with Crippen LogP contribution in [0.3, 0.4) is 0 Å². The fourth-order valence-electron chi connectivity index (χ4n) is 0.684. The first-order chi connectivity index (χ1) is 4.61. The molecule has 0 unspecified atom stereocenters. The van der Waals surface area contributed by atoms with E-state index in [4.69, 9.17) is 5.11 Å². The summed E-state index contributed by atoms with van der Waals surface area (Å²) in [5.41, 5.74) is -0.0163. The first-order valence-electron chi connectivity index (χ1n) is 2.63. The summed E-state index contributed by atoms with van der Waals surface area (Å²) in [5, 5.41) is 10.5. The SMILES string of the molecule is Cc1cc(=O)[nH]n1C(=O)O. The van der Waals surface area contributed by atoms with Crippen molar-refractivity contribution in [1.82, 2.24) is 9.78 Å². The lowest BCUT2D eigenvalue weighted by molar-refractivity contribution is 0.192. The predicted molar refractivity (Wildman–Crippen MR) is 33.2 cm³/mol. The minimum absolute atomic E-state index is 0.387. The third-order valence-electron chi connectivity index (χ3n) is 1.11. The van der Waals surface area contributed by atoms with Crippen molar-refractivity contribution >= 4 is 6.09 Å². The van der Waals surface area contributed by atoms with Gasteiger partial charge in [0, 0.05) is 11.8 Å². The fourth-order valence-corrected chi connectivity index (χ4v) is 0.684. The molecule has 0 atom stereocenters. The van der Waals surface area contributed by atoms with Crippen LogP contribution in [0.15, 0.2) is 10.9 Å². The van der Waals surface area contributed by atoms with Gasteiger partial charge in [0.05, 0.1) is 0 Å². The Labute approximate surface area is 55.9 Å². The summed E-state index contributed by atoms with van der Waals surface area (Å²) in [7, 11) is 0. The van der Waals surface area contributed by atoms with Crippen molar-refractivity contribution in [2.24, 2.45) is 0 Å². The molecular weight excluding hydrogens is 136 g/mol. The molecule has 0 aliphatic carbocycles. The van der Waals surface area contributed by atoms with Crippen LogP contribution in [0.4, 0.5) is 4.79 Å². The first kappa shape index (κ1) is 6.60. The molecule has 1 rings (SSSR count). The Hall–Kier alpha value is -1.52. The summed E-state index contributed by atoms with van der Waals surface area (Å²) in [4.78, 5) is 20.7. The Balaban J connectivity index is 3.28. The highest BCUT2D eigenvalue weighted by molar-refractivity contribution is 5.67. The van der Waals surface area contributed by atoms with E-state index in [0.717, 1.165) is 4.68 Å². The van der Waals surface area contributed by atoms with Crippen molar-refractivity contribution in [3.63, 3.8) is 0 Å². The van der Waals surface area contributed by atoms with Gasteiger partial charge in [-0.15, -0.1) is 0 Å². The molecule has 0 aromatic carbocycles. The molecule has 0 saturated heterocycles. The van der Waals surface area contributed by atoms with Gasteiger partial charge in [-0.2, -0.15) is 4.68 Å². The number of H-pyrrole nitrogens is 1. The van der Waals surface area contributed by atoms with Crippen molar-refractivity contribution in [3.8, 4) is 0 Å². The summed E-state index contributed by atoms with van der Waals surface area (Å²) in [6.07, 6.45) is -1.18. The lowest BCUT2D eigenvalue weighted by Gasteiger charge is -1.93. The molecule has 1 heterocycles. The zero-order valence-electron chi connectivity index (χ0n) is 5.29. The van der Waals surface area contributed by atoms with E-state index in [9.17, 15) is 9.59 Å². The summed E-state index contributed by atoms with van der Waals surface area (Å²) < 4.78 is 0.766. The smallest absolute Gasteiger partial charge is 0.430 e. The number of hydrogen-bond acceptors (Lipinski definition) is 2. The second-order valence-corrected chi connectivity index (χ2v) is 1.88. The monoisotopic (exact) mass is 142 g/mol. The maximum Gasteiger partial charge on any atom is 0.430 e. The molecule has 0 fully saturated rings. The molecule has 10 heavy (non-hydrogen) atoms. The molecule has 1 aromatic heterocycles. The van der Waals surface area contributed by atoms with Gasteiger partial charge in [0.25, 0.3) is 5.56 Å². The maximum atomic E-state index is 10.5.